The summed E-state index contributed by atoms with van der Waals surface area (Å²) in [4.78, 5) is 0. The third kappa shape index (κ3) is 6.33. The van der Waals surface area contributed by atoms with Gasteiger partial charge in [-0.1, -0.05) is 26.0 Å². The molecule has 0 nitrogen and oxygen atoms in total. The normalized spacial score (nSPS) is 37.0. The predicted molar refractivity (Wildman–Crippen MR) is 90.8 cm³/mol. The van der Waals surface area contributed by atoms with Crippen molar-refractivity contribution in [1.82, 2.24) is 0 Å². The molecule has 0 N–H and O–H groups in total. The van der Waals surface area contributed by atoms with Crippen molar-refractivity contribution in [3.63, 3.8) is 0 Å². The van der Waals surface area contributed by atoms with E-state index in [1.807, 2.05) is 0 Å². The summed E-state index contributed by atoms with van der Waals surface area (Å²) in [5.41, 5.74) is 0. The van der Waals surface area contributed by atoms with Gasteiger partial charge in [-0.25, -0.2) is 0 Å². The maximum absolute atomic E-state index is 11.2. The molecule has 0 heterocycles. The van der Waals surface area contributed by atoms with Crippen LogP contribution in [0.5, 0.6) is 0 Å². The van der Waals surface area contributed by atoms with Crippen molar-refractivity contribution < 1.29 is 16.9 Å². The van der Waals surface area contributed by atoms with Gasteiger partial charge >= 0.3 is 36.4 Å². The van der Waals surface area contributed by atoms with Gasteiger partial charge in [0, 0.05) is 5.92 Å². The van der Waals surface area contributed by atoms with Crippen LogP contribution in [-0.2, 0) is 10.9 Å². The molecular weight excluding hydrogens is 460 g/mol. The van der Waals surface area contributed by atoms with Crippen molar-refractivity contribution in [1.29, 1.82) is 0 Å². The molecule has 24 heavy (non-hydrogen) atoms. The van der Waals surface area contributed by atoms with Gasteiger partial charge in [-0.2, -0.15) is 0 Å². The van der Waals surface area contributed by atoms with Gasteiger partial charge in [0.25, 0.3) is 0 Å². The van der Waals surface area contributed by atoms with Crippen molar-refractivity contribution >= 4 is 30.4 Å². The second-order valence-corrected chi connectivity index (χ2v) is 15.2. The third-order valence-corrected chi connectivity index (χ3v) is 8.57. The SMILES string of the molecule is CCC[S+](CCC)C1CC2CC1C1CC=CC21.[F][Sb-]([F])([F])([F])([F])[F]. The molecule has 0 radical (unpaired) electrons. The van der Waals surface area contributed by atoms with Crippen LogP contribution in [0.1, 0.15) is 46.0 Å². The fourth-order valence-corrected chi connectivity index (χ4v) is 7.99. The summed E-state index contributed by atoms with van der Waals surface area (Å²) in [6, 6.07) is 0. The van der Waals surface area contributed by atoms with E-state index in [-0.39, 0.29) is 0 Å². The van der Waals surface area contributed by atoms with E-state index in [9.17, 15) is 16.9 Å². The second-order valence-electron chi connectivity index (χ2n) is 7.24. The quantitative estimate of drug-likeness (QED) is 0.189. The molecule has 3 aliphatic rings. The van der Waals surface area contributed by atoms with Crippen LogP contribution >= 0.6 is 0 Å². The van der Waals surface area contributed by atoms with E-state index in [1.165, 1.54) is 30.8 Å². The maximum atomic E-state index is 9.93. The van der Waals surface area contributed by atoms with Gasteiger partial charge in [-0.3, -0.25) is 0 Å². The molecule has 0 spiro atoms. The summed E-state index contributed by atoms with van der Waals surface area (Å²) >= 11 is -11.2. The molecule has 0 aromatic heterocycles. The van der Waals surface area contributed by atoms with Crippen molar-refractivity contribution in [3.05, 3.63) is 12.2 Å². The Kier molecular flexibility index (Phi) is 5.70. The zero-order valence-corrected chi connectivity index (χ0v) is 17.5. The van der Waals surface area contributed by atoms with Gasteiger partial charge in [-0.15, -0.1) is 0 Å². The van der Waals surface area contributed by atoms with E-state index in [0.29, 0.717) is 0 Å². The van der Waals surface area contributed by atoms with Gasteiger partial charge in [0.05, 0.1) is 0 Å². The Morgan fingerprint density at radius 2 is 1.46 bits per heavy atom. The molecule has 3 aliphatic carbocycles. The van der Waals surface area contributed by atoms with Crippen LogP contribution in [-0.4, -0.2) is 36.2 Å². The molecule has 2 bridgehead atoms. The zero-order valence-electron chi connectivity index (χ0n) is 14.1. The summed E-state index contributed by atoms with van der Waals surface area (Å²) in [6.45, 7) is 4.76. The van der Waals surface area contributed by atoms with E-state index in [2.05, 4.69) is 26.0 Å². The average Bonchev–Trinajstić information content (AvgIpc) is 3.07. The van der Waals surface area contributed by atoms with Crippen molar-refractivity contribution in [3.8, 4) is 0 Å². The molecule has 3 rings (SSSR count). The molecule has 2 fully saturated rings. The van der Waals surface area contributed by atoms with Crippen LogP contribution in [0.2, 0.25) is 0 Å². The topological polar surface area (TPSA) is 0 Å². The molecule has 5 unspecified atom stereocenters. The molecule has 5 atom stereocenters. The summed E-state index contributed by atoms with van der Waals surface area (Å²) in [5, 5.41) is 1.13. The Hall–Kier alpha value is 0.488. The molecule has 0 aromatic rings. The third-order valence-electron chi connectivity index (χ3n) is 5.30. The molecule has 0 aliphatic heterocycles. The molecule has 0 saturated heterocycles. The predicted octanol–water partition coefficient (Wildman–Crippen LogP) is 6.17. The second kappa shape index (κ2) is 6.58. The minimum absolute atomic E-state index is 0.763. The van der Waals surface area contributed by atoms with Crippen molar-refractivity contribution in [2.75, 3.05) is 11.5 Å². The van der Waals surface area contributed by atoms with Crippen molar-refractivity contribution in [2.45, 2.75) is 51.2 Å². The first-order valence-corrected chi connectivity index (χ1v) is 16.1. The molecule has 0 amide bonds. The van der Waals surface area contributed by atoms with E-state index in [4.69, 9.17) is 0 Å². The van der Waals surface area contributed by atoms with Crippen LogP contribution in [0.15, 0.2) is 12.2 Å². The van der Waals surface area contributed by atoms with Gasteiger partial charge in [0.15, 0.2) is 0 Å². The number of hydrogen-bond acceptors (Lipinski definition) is 0. The van der Waals surface area contributed by atoms with Crippen LogP contribution < -0.4 is 0 Å². The summed E-state index contributed by atoms with van der Waals surface area (Å²) in [7, 11) is 0.763. The zero-order chi connectivity index (χ0) is 18.2. The summed E-state index contributed by atoms with van der Waals surface area (Å²) in [6.07, 6.45) is 12.4. The minimum atomic E-state index is -11.2. The molecule has 0 aromatic carbocycles. The standard InChI is InChI=1S/C16H27S.6FH.Sb/c1-3-8-17(9-4-2)16-11-12-10-15(16)14-7-5-6-13(12)14;;;;;;;/h5-6,12-16H,3-4,7-11H2,1-2H3;6*1H;/q+1;;;;;;;+5/p-6. The van der Waals surface area contributed by atoms with Crippen LogP contribution in [0.3, 0.4) is 0 Å². The Labute approximate surface area is 145 Å². The molecule has 2 saturated carbocycles. The first-order chi connectivity index (χ1) is 10.8. The van der Waals surface area contributed by atoms with Crippen LogP contribution in [0, 0.1) is 23.7 Å². The molecular formula is C16H27F6SSb. The first-order valence-electron chi connectivity index (χ1n) is 8.69. The van der Waals surface area contributed by atoms with Crippen LogP contribution in [0.25, 0.3) is 0 Å². The molecule has 144 valence electrons. The van der Waals surface area contributed by atoms with Crippen LogP contribution in [0.4, 0.5) is 16.9 Å². The summed E-state index contributed by atoms with van der Waals surface area (Å²) < 4.78 is 59.6. The first kappa shape index (κ1) is 20.8. The Bertz CT molecular complexity index is 456. The fourth-order valence-electron chi connectivity index (χ4n) is 4.81. The van der Waals surface area contributed by atoms with Gasteiger partial charge in [0.1, 0.15) is 16.8 Å². The molecule has 8 heteroatoms. The Balaban J connectivity index is 0.000000256. The monoisotopic (exact) mass is 486 g/mol. The number of rotatable bonds is 5. The Morgan fingerprint density at radius 3 is 1.96 bits per heavy atom. The number of halogens is 6. The number of allylic oxidation sites excluding steroid dienone is 2. The summed E-state index contributed by atoms with van der Waals surface area (Å²) in [5.74, 6) is 7.31. The van der Waals surface area contributed by atoms with E-state index in [1.54, 1.807) is 12.8 Å². The van der Waals surface area contributed by atoms with Gasteiger partial charge in [0.2, 0.25) is 0 Å². The average molecular weight is 487 g/mol. The van der Waals surface area contributed by atoms with Gasteiger partial charge < -0.3 is 0 Å². The van der Waals surface area contributed by atoms with E-state index < -0.39 is 19.5 Å². The van der Waals surface area contributed by atoms with Crippen molar-refractivity contribution in [2.24, 2.45) is 23.7 Å². The number of fused-ring (bicyclic) bond motifs is 5. The van der Waals surface area contributed by atoms with Gasteiger partial charge in [-0.05, 0) is 60.8 Å². The fraction of sp³-hybridized carbons (Fsp3) is 0.875. The number of hydrogen-bond donors (Lipinski definition) is 0. The van der Waals surface area contributed by atoms with E-state index >= 15 is 0 Å². The van der Waals surface area contributed by atoms with E-state index in [0.717, 1.165) is 39.8 Å². The Morgan fingerprint density at radius 1 is 0.917 bits per heavy atom.